The van der Waals surface area contributed by atoms with E-state index in [1.54, 1.807) is 14.0 Å². The Morgan fingerprint density at radius 1 is 1.38 bits per heavy atom. The van der Waals surface area contributed by atoms with Gasteiger partial charge >= 0.3 is 0 Å². The first-order valence-corrected chi connectivity index (χ1v) is 5.66. The highest BCUT2D eigenvalue weighted by Gasteiger charge is 2.19. The van der Waals surface area contributed by atoms with Crippen LogP contribution >= 0.6 is 0 Å². The molecule has 2 unspecified atom stereocenters. The molecule has 5 heteroatoms. The Bertz CT molecular complexity index is 198. The van der Waals surface area contributed by atoms with Crippen molar-refractivity contribution in [3.8, 4) is 0 Å². The summed E-state index contributed by atoms with van der Waals surface area (Å²) in [5, 5.41) is 15.0. The lowest BCUT2D eigenvalue weighted by Gasteiger charge is -2.24. The zero-order valence-electron chi connectivity index (χ0n) is 10.6. The van der Waals surface area contributed by atoms with Crippen LogP contribution in [0.25, 0.3) is 0 Å². The van der Waals surface area contributed by atoms with Crippen LogP contribution in [0.2, 0.25) is 0 Å². The van der Waals surface area contributed by atoms with E-state index in [4.69, 9.17) is 9.84 Å². The summed E-state index contributed by atoms with van der Waals surface area (Å²) >= 11 is 0. The van der Waals surface area contributed by atoms with Crippen molar-refractivity contribution in [2.45, 2.75) is 32.9 Å². The molecule has 0 aromatic rings. The topological polar surface area (TPSA) is 70.6 Å². The van der Waals surface area contributed by atoms with Crippen LogP contribution < -0.4 is 10.6 Å². The lowest BCUT2D eigenvalue weighted by molar-refractivity contribution is -0.123. The third-order valence-corrected chi connectivity index (χ3v) is 2.46. The van der Waals surface area contributed by atoms with Gasteiger partial charge in [-0.25, -0.2) is 0 Å². The van der Waals surface area contributed by atoms with Gasteiger partial charge in [-0.1, -0.05) is 13.8 Å². The first kappa shape index (κ1) is 15.3. The second-order valence-corrected chi connectivity index (χ2v) is 4.21. The number of carbonyl (C=O) groups excluding carboxylic acids is 1. The molecule has 0 fully saturated rings. The lowest BCUT2D eigenvalue weighted by atomic mass is 10.0. The van der Waals surface area contributed by atoms with Crippen LogP contribution in [0.1, 0.15) is 20.8 Å². The number of carbonyl (C=O) groups is 1. The molecule has 5 nitrogen and oxygen atoms in total. The summed E-state index contributed by atoms with van der Waals surface area (Å²) in [6.07, 6.45) is 0. The average molecular weight is 232 g/mol. The van der Waals surface area contributed by atoms with E-state index in [0.29, 0.717) is 19.1 Å². The van der Waals surface area contributed by atoms with Crippen molar-refractivity contribution in [3.05, 3.63) is 0 Å². The van der Waals surface area contributed by atoms with Gasteiger partial charge in [-0.15, -0.1) is 0 Å². The van der Waals surface area contributed by atoms with Crippen molar-refractivity contribution < 1.29 is 14.6 Å². The summed E-state index contributed by atoms with van der Waals surface area (Å²) in [6, 6.07) is -0.361. The van der Waals surface area contributed by atoms with Crippen LogP contribution in [0.15, 0.2) is 0 Å². The second kappa shape index (κ2) is 8.50. The Labute approximate surface area is 97.6 Å². The molecule has 0 saturated carbocycles. The van der Waals surface area contributed by atoms with Gasteiger partial charge in [0.2, 0.25) is 5.91 Å². The summed E-state index contributed by atoms with van der Waals surface area (Å²) in [6.45, 7) is 6.84. The fourth-order valence-corrected chi connectivity index (χ4v) is 1.28. The van der Waals surface area contributed by atoms with Crippen molar-refractivity contribution in [2.24, 2.45) is 5.92 Å². The minimum Gasteiger partial charge on any atom is -0.395 e. The van der Waals surface area contributed by atoms with Gasteiger partial charge in [0.1, 0.15) is 0 Å². The summed E-state index contributed by atoms with van der Waals surface area (Å²) in [5.74, 6) is 0.218. The Morgan fingerprint density at radius 2 is 2.00 bits per heavy atom. The molecule has 0 bridgehead atoms. The summed E-state index contributed by atoms with van der Waals surface area (Å²) in [7, 11) is 1.59. The molecule has 0 aliphatic heterocycles. The molecule has 0 aliphatic carbocycles. The third kappa shape index (κ3) is 6.05. The molecule has 0 saturated heterocycles. The van der Waals surface area contributed by atoms with Crippen LogP contribution in [-0.4, -0.2) is 50.0 Å². The smallest absolute Gasteiger partial charge is 0.236 e. The van der Waals surface area contributed by atoms with Crippen LogP contribution in [0.5, 0.6) is 0 Å². The predicted molar refractivity (Wildman–Crippen MR) is 63.2 cm³/mol. The van der Waals surface area contributed by atoms with Crippen LogP contribution in [-0.2, 0) is 9.53 Å². The van der Waals surface area contributed by atoms with E-state index in [9.17, 15) is 4.79 Å². The standard InChI is InChI=1S/C11H24N2O3/c1-8(2)10(7-14)13-9(3)11(15)12-5-6-16-4/h8-10,13-14H,5-7H2,1-4H3,(H,12,15). The molecular weight excluding hydrogens is 208 g/mol. The molecule has 0 aliphatic rings. The number of methoxy groups -OCH3 is 1. The largest absolute Gasteiger partial charge is 0.395 e. The third-order valence-electron chi connectivity index (χ3n) is 2.46. The van der Waals surface area contributed by atoms with Gasteiger partial charge in [0.25, 0.3) is 0 Å². The summed E-state index contributed by atoms with van der Waals surface area (Å²) in [5.41, 5.74) is 0. The molecule has 0 spiro atoms. The highest BCUT2D eigenvalue weighted by atomic mass is 16.5. The number of hydrogen-bond acceptors (Lipinski definition) is 4. The van der Waals surface area contributed by atoms with E-state index in [0.717, 1.165) is 0 Å². The van der Waals surface area contributed by atoms with E-state index in [1.165, 1.54) is 0 Å². The van der Waals surface area contributed by atoms with E-state index < -0.39 is 0 Å². The minimum absolute atomic E-state index is 0.0351. The maximum atomic E-state index is 11.6. The van der Waals surface area contributed by atoms with Gasteiger partial charge in [-0.3, -0.25) is 4.79 Å². The number of amides is 1. The van der Waals surface area contributed by atoms with Gasteiger partial charge in [-0.05, 0) is 12.8 Å². The monoisotopic (exact) mass is 232 g/mol. The predicted octanol–water partition coefficient (Wildman–Crippen LogP) is -0.256. The number of nitrogens with one attached hydrogen (secondary N) is 2. The normalized spacial score (nSPS) is 14.9. The van der Waals surface area contributed by atoms with E-state index in [1.807, 2.05) is 13.8 Å². The summed E-state index contributed by atoms with van der Waals surface area (Å²) < 4.78 is 4.84. The molecule has 3 N–H and O–H groups in total. The van der Waals surface area contributed by atoms with E-state index in [2.05, 4.69) is 10.6 Å². The van der Waals surface area contributed by atoms with Crippen molar-refractivity contribution in [3.63, 3.8) is 0 Å². The van der Waals surface area contributed by atoms with Crippen LogP contribution in [0.3, 0.4) is 0 Å². The summed E-state index contributed by atoms with van der Waals surface area (Å²) in [4.78, 5) is 11.6. The molecule has 1 amide bonds. The number of ether oxygens (including phenoxy) is 1. The average Bonchev–Trinajstić information content (AvgIpc) is 2.25. The first-order chi connectivity index (χ1) is 7.52. The van der Waals surface area contributed by atoms with Crippen molar-refractivity contribution >= 4 is 5.91 Å². The Morgan fingerprint density at radius 3 is 2.44 bits per heavy atom. The van der Waals surface area contributed by atoms with Crippen molar-refractivity contribution in [2.75, 3.05) is 26.9 Å². The number of aliphatic hydroxyl groups is 1. The molecule has 0 heterocycles. The number of aliphatic hydroxyl groups excluding tert-OH is 1. The maximum absolute atomic E-state index is 11.6. The molecule has 96 valence electrons. The molecule has 0 rings (SSSR count). The Balaban J connectivity index is 3.93. The fourth-order valence-electron chi connectivity index (χ4n) is 1.28. The van der Waals surface area contributed by atoms with Crippen LogP contribution in [0.4, 0.5) is 0 Å². The first-order valence-electron chi connectivity index (χ1n) is 5.66. The molecule has 2 atom stereocenters. The zero-order chi connectivity index (χ0) is 12.6. The zero-order valence-corrected chi connectivity index (χ0v) is 10.6. The highest BCUT2D eigenvalue weighted by molar-refractivity contribution is 5.81. The van der Waals surface area contributed by atoms with Crippen molar-refractivity contribution in [1.29, 1.82) is 0 Å². The molecular formula is C11H24N2O3. The quantitative estimate of drug-likeness (QED) is 0.504. The Hall–Kier alpha value is -0.650. The van der Waals surface area contributed by atoms with E-state index in [-0.39, 0.29) is 24.6 Å². The van der Waals surface area contributed by atoms with Crippen molar-refractivity contribution in [1.82, 2.24) is 10.6 Å². The highest BCUT2D eigenvalue weighted by Crippen LogP contribution is 2.01. The minimum atomic E-state index is -0.309. The maximum Gasteiger partial charge on any atom is 0.236 e. The SMILES string of the molecule is COCCNC(=O)C(C)NC(CO)C(C)C. The van der Waals surface area contributed by atoms with Gasteiger partial charge in [0.15, 0.2) is 0 Å². The van der Waals surface area contributed by atoms with E-state index >= 15 is 0 Å². The Kier molecular flexibility index (Phi) is 8.15. The second-order valence-electron chi connectivity index (χ2n) is 4.21. The van der Waals surface area contributed by atoms with Gasteiger partial charge in [0, 0.05) is 19.7 Å². The van der Waals surface area contributed by atoms with Gasteiger partial charge in [-0.2, -0.15) is 0 Å². The number of rotatable bonds is 8. The number of hydrogen-bond donors (Lipinski definition) is 3. The molecule has 0 radical (unpaired) electrons. The molecule has 0 aromatic carbocycles. The lowest BCUT2D eigenvalue weighted by Crippen LogP contribution is -2.50. The van der Waals surface area contributed by atoms with Gasteiger partial charge in [0.05, 0.1) is 19.3 Å². The van der Waals surface area contributed by atoms with Crippen LogP contribution in [0, 0.1) is 5.92 Å². The van der Waals surface area contributed by atoms with Gasteiger partial charge < -0.3 is 20.5 Å². The fraction of sp³-hybridized carbons (Fsp3) is 0.909. The molecule has 0 aromatic heterocycles. The molecule has 16 heavy (non-hydrogen) atoms.